The van der Waals surface area contributed by atoms with Crippen molar-refractivity contribution in [3.8, 4) is 11.1 Å². The molecule has 3 aromatic carbocycles. The molecule has 0 bridgehead atoms. The summed E-state index contributed by atoms with van der Waals surface area (Å²) in [7, 11) is 4.34. The summed E-state index contributed by atoms with van der Waals surface area (Å²) in [5.41, 5.74) is 6.96. The lowest BCUT2D eigenvalue weighted by Gasteiger charge is -2.36. The molecule has 0 aromatic heterocycles. The van der Waals surface area contributed by atoms with Crippen LogP contribution in [0.3, 0.4) is 0 Å². The van der Waals surface area contributed by atoms with Gasteiger partial charge in [0.1, 0.15) is 0 Å². The highest BCUT2D eigenvalue weighted by Gasteiger charge is 2.32. The Hall–Kier alpha value is -2.53. The molecule has 0 radical (unpaired) electrons. The molecule has 182 valence electrons. The van der Waals surface area contributed by atoms with Gasteiger partial charge in [0.2, 0.25) is 0 Å². The molecule has 1 N–H and O–H groups in total. The van der Waals surface area contributed by atoms with E-state index in [0.29, 0.717) is 28.5 Å². The number of carbonyl (C=O) groups is 1. The Morgan fingerprint density at radius 1 is 0.914 bits per heavy atom. The van der Waals surface area contributed by atoms with E-state index < -0.39 is 0 Å². The Kier molecular flexibility index (Phi) is 6.80. The number of aryl methyl sites for hydroxylation is 1. The van der Waals surface area contributed by atoms with Crippen LogP contribution in [-0.4, -0.2) is 31.1 Å². The zero-order valence-corrected chi connectivity index (χ0v) is 22.0. The summed E-state index contributed by atoms with van der Waals surface area (Å²) >= 11 is 13.4. The fourth-order valence-corrected chi connectivity index (χ4v) is 6.17. The number of benzene rings is 3. The highest BCUT2D eigenvalue weighted by atomic mass is 35.5. The summed E-state index contributed by atoms with van der Waals surface area (Å²) in [5.74, 6) is 0.442. The predicted molar refractivity (Wildman–Crippen MR) is 146 cm³/mol. The van der Waals surface area contributed by atoms with Crippen molar-refractivity contribution in [1.82, 2.24) is 10.2 Å². The zero-order chi connectivity index (χ0) is 24.7. The van der Waals surface area contributed by atoms with Crippen LogP contribution < -0.4 is 10.2 Å². The number of anilines is 2. The van der Waals surface area contributed by atoms with Crippen LogP contribution in [0.25, 0.3) is 11.1 Å². The molecule has 0 atom stereocenters. The van der Waals surface area contributed by atoms with Gasteiger partial charge in [-0.3, -0.25) is 4.90 Å². The molecule has 1 aliphatic heterocycles. The fraction of sp³-hybridized carbons (Fsp3) is 0.345. The van der Waals surface area contributed by atoms with Crippen molar-refractivity contribution in [2.45, 2.75) is 51.1 Å². The quantitative estimate of drug-likeness (QED) is 0.389. The number of para-hydroxylation sites is 1. The van der Waals surface area contributed by atoms with Crippen molar-refractivity contribution >= 4 is 40.6 Å². The zero-order valence-electron chi connectivity index (χ0n) is 20.4. The molecule has 3 aromatic rings. The number of amides is 2. The summed E-state index contributed by atoms with van der Waals surface area (Å²) in [6.07, 6.45) is 4.59. The van der Waals surface area contributed by atoms with Gasteiger partial charge in [0.05, 0.1) is 16.4 Å². The van der Waals surface area contributed by atoms with Crippen LogP contribution in [-0.2, 0) is 6.54 Å². The number of urea groups is 1. The number of fused-ring (bicyclic) bond motifs is 1. The minimum absolute atomic E-state index is 0.160. The number of nitrogens with zero attached hydrogens (tertiary/aromatic N) is 2. The number of halogens is 2. The number of hydrogen-bond acceptors (Lipinski definition) is 2. The third-order valence-electron chi connectivity index (χ3n) is 7.58. The summed E-state index contributed by atoms with van der Waals surface area (Å²) in [4.78, 5) is 17.4. The maximum Gasteiger partial charge on any atom is 0.326 e. The van der Waals surface area contributed by atoms with Gasteiger partial charge in [-0.25, -0.2) is 4.79 Å². The standard InChI is InChI=1S/C29H31Cl2N3O/c1-18-7-6-10-26(31)28(18)34-27-16-20(19-11-13-21(14-12-19)33(2)3)15-23(24(27)17-32-29(34)35)22-8-4-5-9-25(22)30/h4-10,15-16,19,21H,11-14,17H2,1-3H3,(H,32,35). The Morgan fingerprint density at radius 3 is 2.31 bits per heavy atom. The van der Waals surface area contributed by atoms with Gasteiger partial charge in [0, 0.05) is 28.7 Å². The molecule has 0 unspecified atom stereocenters. The van der Waals surface area contributed by atoms with Crippen LogP contribution in [0.15, 0.2) is 54.6 Å². The molecule has 4 nitrogen and oxygen atoms in total. The highest BCUT2D eigenvalue weighted by molar-refractivity contribution is 6.34. The first kappa shape index (κ1) is 24.2. The summed E-state index contributed by atoms with van der Waals surface area (Å²) in [6, 6.07) is 18.7. The fourth-order valence-electron chi connectivity index (χ4n) is 5.63. The van der Waals surface area contributed by atoms with E-state index in [1.54, 1.807) is 4.90 Å². The van der Waals surface area contributed by atoms with Crippen LogP contribution in [0, 0.1) is 6.92 Å². The van der Waals surface area contributed by atoms with E-state index in [1.165, 1.54) is 18.4 Å². The van der Waals surface area contributed by atoms with Gasteiger partial charge in [-0.1, -0.05) is 59.6 Å². The lowest BCUT2D eigenvalue weighted by molar-refractivity contribution is 0.216. The summed E-state index contributed by atoms with van der Waals surface area (Å²) < 4.78 is 0. The third kappa shape index (κ3) is 4.55. The maximum atomic E-state index is 13.3. The number of carbonyl (C=O) groups excluding carboxylic acids is 1. The predicted octanol–water partition coefficient (Wildman–Crippen LogP) is 7.92. The molecule has 2 amide bonds. The topological polar surface area (TPSA) is 35.6 Å². The second kappa shape index (κ2) is 9.85. The lowest BCUT2D eigenvalue weighted by atomic mass is 9.79. The van der Waals surface area contributed by atoms with Crippen LogP contribution in [0.1, 0.15) is 48.3 Å². The van der Waals surface area contributed by atoms with Crippen LogP contribution >= 0.6 is 23.2 Å². The number of hydrogen-bond donors (Lipinski definition) is 1. The Bertz CT molecular complexity index is 1240. The molecular weight excluding hydrogens is 477 g/mol. The van der Waals surface area contributed by atoms with Crippen molar-refractivity contribution in [2.24, 2.45) is 0 Å². The first-order valence-corrected chi connectivity index (χ1v) is 13.0. The first-order valence-electron chi connectivity index (χ1n) is 12.3. The smallest absolute Gasteiger partial charge is 0.326 e. The van der Waals surface area contributed by atoms with Crippen molar-refractivity contribution in [2.75, 3.05) is 19.0 Å². The van der Waals surface area contributed by atoms with Gasteiger partial charge in [0.15, 0.2) is 0 Å². The van der Waals surface area contributed by atoms with Crippen LogP contribution in [0.2, 0.25) is 10.0 Å². The monoisotopic (exact) mass is 507 g/mol. The Labute approximate surface area is 217 Å². The largest absolute Gasteiger partial charge is 0.333 e. The molecule has 1 aliphatic carbocycles. The Balaban J connectivity index is 1.69. The molecule has 0 spiro atoms. The van der Waals surface area contributed by atoms with E-state index >= 15 is 0 Å². The maximum absolute atomic E-state index is 13.3. The van der Waals surface area contributed by atoms with Gasteiger partial charge in [0.25, 0.3) is 0 Å². The molecule has 1 heterocycles. The van der Waals surface area contributed by atoms with Crippen molar-refractivity contribution in [1.29, 1.82) is 0 Å². The summed E-state index contributed by atoms with van der Waals surface area (Å²) in [5, 5.41) is 4.34. The van der Waals surface area contributed by atoms with E-state index in [0.717, 1.165) is 46.5 Å². The molecule has 5 rings (SSSR count). The number of nitrogens with one attached hydrogen (secondary N) is 1. The minimum atomic E-state index is -0.160. The van der Waals surface area contributed by atoms with Crippen LogP contribution in [0.5, 0.6) is 0 Å². The van der Waals surface area contributed by atoms with Gasteiger partial charge in [-0.2, -0.15) is 0 Å². The van der Waals surface area contributed by atoms with Gasteiger partial charge in [-0.05, 0) is 87.5 Å². The van der Waals surface area contributed by atoms with Gasteiger partial charge >= 0.3 is 6.03 Å². The van der Waals surface area contributed by atoms with E-state index in [9.17, 15) is 4.79 Å². The average Bonchev–Trinajstić information content (AvgIpc) is 2.85. The number of rotatable bonds is 4. The molecule has 1 saturated carbocycles. The first-order chi connectivity index (χ1) is 16.8. The highest BCUT2D eigenvalue weighted by Crippen LogP contribution is 2.46. The second-order valence-electron chi connectivity index (χ2n) is 9.91. The van der Waals surface area contributed by atoms with E-state index in [4.69, 9.17) is 23.2 Å². The molecule has 2 aliphatic rings. The van der Waals surface area contributed by atoms with Crippen LogP contribution in [0.4, 0.5) is 16.2 Å². The average molecular weight is 508 g/mol. The van der Waals surface area contributed by atoms with Crippen molar-refractivity contribution in [3.63, 3.8) is 0 Å². The Morgan fingerprint density at radius 2 is 1.63 bits per heavy atom. The normalized spacial score (nSPS) is 20.1. The third-order valence-corrected chi connectivity index (χ3v) is 8.22. The van der Waals surface area contributed by atoms with Crippen molar-refractivity contribution in [3.05, 3.63) is 81.3 Å². The molecule has 0 saturated heterocycles. The van der Waals surface area contributed by atoms with E-state index in [1.807, 2.05) is 43.3 Å². The molecular formula is C29H31Cl2N3O. The van der Waals surface area contributed by atoms with Gasteiger partial charge in [-0.15, -0.1) is 0 Å². The molecule has 1 fully saturated rings. The van der Waals surface area contributed by atoms with E-state index in [2.05, 4.69) is 42.5 Å². The summed E-state index contributed by atoms with van der Waals surface area (Å²) in [6.45, 7) is 2.44. The lowest BCUT2D eigenvalue weighted by Crippen LogP contribution is -2.42. The van der Waals surface area contributed by atoms with Gasteiger partial charge < -0.3 is 10.2 Å². The SMILES string of the molecule is Cc1cccc(Cl)c1N1C(=O)NCc2c(-c3ccccc3Cl)cc(C3CCC(N(C)C)CC3)cc21. The molecule has 35 heavy (non-hydrogen) atoms. The second-order valence-corrected chi connectivity index (χ2v) is 10.7. The van der Waals surface area contributed by atoms with Crippen molar-refractivity contribution < 1.29 is 4.79 Å². The molecule has 6 heteroatoms. The minimum Gasteiger partial charge on any atom is -0.333 e. The van der Waals surface area contributed by atoms with E-state index in [-0.39, 0.29) is 6.03 Å².